The zero-order chi connectivity index (χ0) is 11.2. The second kappa shape index (κ2) is 6.21. The van der Waals surface area contributed by atoms with Crippen LogP contribution in [0.4, 0.5) is 0 Å². The molecule has 0 saturated heterocycles. The van der Waals surface area contributed by atoms with Crippen molar-refractivity contribution in [3.05, 3.63) is 0 Å². The third-order valence-corrected chi connectivity index (χ3v) is 3.05. The molecule has 1 unspecified atom stereocenters. The van der Waals surface area contributed by atoms with Gasteiger partial charge in [0, 0.05) is 6.42 Å². The molecule has 1 nitrogen and oxygen atoms in total. The van der Waals surface area contributed by atoms with Crippen LogP contribution in [0.1, 0.15) is 66.7 Å². The molecule has 0 rings (SSSR count). The van der Waals surface area contributed by atoms with Crippen molar-refractivity contribution in [1.82, 2.24) is 0 Å². The summed E-state index contributed by atoms with van der Waals surface area (Å²) in [5, 5.41) is 0. The molecule has 0 aliphatic heterocycles. The molecule has 1 atom stereocenters. The van der Waals surface area contributed by atoms with Crippen molar-refractivity contribution in [1.29, 1.82) is 0 Å². The van der Waals surface area contributed by atoms with Crippen molar-refractivity contribution in [3.63, 3.8) is 0 Å². The zero-order valence-corrected chi connectivity index (χ0v) is 10.5. The van der Waals surface area contributed by atoms with Gasteiger partial charge in [-0.3, -0.25) is 0 Å². The molecule has 14 heavy (non-hydrogen) atoms. The highest BCUT2D eigenvalue weighted by atomic mass is 16.1. The number of hydrogen-bond donors (Lipinski definition) is 0. The molecule has 0 heterocycles. The fraction of sp³-hybridized carbons (Fsp3) is 0.923. The van der Waals surface area contributed by atoms with Gasteiger partial charge in [0.2, 0.25) is 0 Å². The minimum Gasteiger partial charge on any atom is -0.300 e. The normalized spacial score (nSPS) is 14.1. The van der Waals surface area contributed by atoms with Gasteiger partial charge < -0.3 is 4.79 Å². The van der Waals surface area contributed by atoms with Gasteiger partial charge in [-0.2, -0.15) is 0 Å². The maximum atomic E-state index is 10.8. The Bertz CT molecular complexity index is 165. The number of Topliss-reactive ketones (excluding diaryl/α,β-unsaturated/α-hetero) is 1. The summed E-state index contributed by atoms with van der Waals surface area (Å²) in [4.78, 5) is 10.8. The lowest BCUT2D eigenvalue weighted by molar-refractivity contribution is -0.117. The Morgan fingerprint density at radius 3 is 2.14 bits per heavy atom. The molecule has 0 aromatic rings. The summed E-state index contributed by atoms with van der Waals surface area (Å²) in [6, 6.07) is 0. The van der Waals surface area contributed by atoms with Crippen molar-refractivity contribution in [2.24, 2.45) is 11.3 Å². The largest absolute Gasteiger partial charge is 0.300 e. The average molecular weight is 198 g/mol. The number of unbranched alkanes of at least 4 members (excludes halogenated alkanes) is 1. The van der Waals surface area contributed by atoms with E-state index in [1.807, 2.05) is 0 Å². The Hall–Kier alpha value is -0.330. The van der Waals surface area contributed by atoms with Crippen LogP contribution in [0.2, 0.25) is 0 Å². The van der Waals surface area contributed by atoms with E-state index in [-0.39, 0.29) is 0 Å². The van der Waals surface area contributed by atoms with Crippen LogP contribution in [0.5, 0.6) is 0 Å². The van der Waals surface area contributed by atoms with Crippen molar-refractivity contribution < 1.29 is 4.79 Å². The summed E-state index contributed by atoms with van der Waals surface area (Å²) >= 11 is 0. The summed E-state index contributed by atoms with van der Waals surface area (Å²) < 4.78 is 0. The van der Waals surface area contributed by atoms with Gasteiger partial charge in [-0.1, -0.05) is 40.5 Å². The van der Waals surface area contributed by atoms with Crippen molar-refractivity contribution in [3.8, 4) is 0 Å². The molecule has 0 aliphatic rings. The fourth-order valence-corrected chi connectivity index (χ4v) is 2.01. The first-order valence-corrected chi connectivity index (χ1v) is 5.87. The summed E-state index contributed by atoms with van der Waals surface area (Å²) in [6.45, 7) is 10.9. The van der Waals surface area contributed by atoms with E-state index >= 15 is 0 Å². The minimum atomic E-state index is 0.328. The highest BCUT2D eigenvalue weighted by Gasteiger charge is 2.21. The van der Waals surface area contributed by atoms with Crippen LogP contribution in [0.3, 0.4) is 0 Å². The van der Waals surface area contributed by atoms with E-state index in [1.165, 1.54) is 19.3 Å². The van der Waals surface area contributed by atoms with E-state index in [2.05, 4.69) is 27.7 Å². The SMILES string of the molecule is CCC(CCCCC(C)=O)C(C)(C)C. The molecule has 0 saturated carbocycles. The van der Waals surface area contributed by atoms with Gasteiger partial charge in [-0.05, 0) is 31.1 Å². The molecule has 0 fully saturated rings. The monoisotopic (exact) mass is 198 g/mol. The van der Waals surface area contributed by atoms with Gasteiger partial charge in [-0.15, -0.1) is 0 Å². The number of hydrogen-bond acceptors (Lipinski definition) is 1. The molecule has 0 aromatic heterocycles. The van der Waals surface area contributed by atoms with Crippen molar-refractivity contribution in [2.45, 2.75) is 66.7 Å². The Morgan fingerprint density at radius 1 is 1.21 bits per heavy atom. The summed E-state index contributed by atoms with van der Waals surface area (Å²) in [5.41, 5.74) is 0.422. The summed E-state index contributed by atoms with van der Waals surface area (Å²) in [5.74, 6) is 1.13. The highest BCUT2D eigenvalue weighted by molar-refractivity contribution is 5.75. The predicted octanol–water partition coefficient (Wildman–Crippen LogP) is 4.21. The van der Waals surface area contributed by atoms with Gasteiger partial charge in [-0.25, -0.2) is 0 Å². The van der Waals surface area contributed by atoms with Crippen LogP contribution in [-0.2, 0) is 4.79 Å². The van der Waals surface area contributed by atoms with Gasteiger partial charge in [0.15, 0.2) is 0 Å². The lowest BCUT2D eigenvalue weighted by Gasteiger charge is -2.29. The van der Waals surface area contributed by atoms with Crippen LogP contribution >= 0.6 is 0 Å². The van der Waals surface area contributed by atoms with Gasteiger partial charge in [0.25, 0.3) is 0 Å². The lowest BCUT2D eigenvalue weighted by Crippen LogP contribution is -2.19. The highest BCUT2D eigenvalue weighted by Crippen LogP contribution is 2.32. The maximum Gasteiger partial charge on any atom is 0.129 e. The standard InChI is InChI=1S/C13H26O/c1-6-12(13(3,4)5)10-8-7-9-11(2)14/h12H,6-10H2,1-5H3. The van der Waals surface area contributed by atoms with E-state index < -0.39 is 0 Å². The van der Waals surface area contributed by atoms with Crippen LogP contribution in [0.25, 0.3) is 0 Å². The molecule has 1 heteroatoms. The third-order valence-electron chi connectivity index (χ3n) is 3.05. The van der Waals surface area contributed by atoms with Crippen molar-refractivity contribution >= 4 is 5.78 Å². The molecule has 0 amide bonds. The number of carbonyl (C=O) groups excluding carboxylic acids is 1. The van der Waals surface area contributed by atoms with E-state index in [0.29, 0.717) is 11.2 Å². The molecule has 0 aliphatic carbocycles. The molecule has 84 valence electrons. The second-order valence-electron chi connectivity index (χ2n) is 5.42. The molecular weight excluding hydrogens is 172 g/mol. The van der Waals surface area contributed by atoms with E-state index in [4.69, 9.17) is 0 Å². The molecule has 0 aromatic carbocycles. The van der Waals surface area contributed by atoms with E-state index in [1.54, 1.807) is 6.92 Å². The predicted molar refractivity (Wildman–Crippen MR) is 62.4 cm³/mol. The molecule has 0 radical (unpaired) electrons. The van der Waals surface area contributed by atoms with Gasteiger partial charge >= 0.3 is 0 Å². The first kappa shape index (κ1) is 13.7. The number of rotatable bonds is 6. The maximum absolute atomic E-state index is 10.8. The topological polar surface area (TPSA) is 17.1 Å². The van der Waals surface area contributed by atoms with Crippen molar-refractivity contribution in [2.75, 3.05) is 0 Å². The first-order valence-electron chi connectivity index (χ1n) is 5.87. The smallest absolute Gasteiger partial charge is 0.129 e. The summed E-state index contributed by atoms with van der Waals surface area (Å²) in [7, 11) is 0. The first-order chi connectivity index (χ1) is 6.38. The van der Waals surface area contributed by atoms with Crippen LogP contribution in [-0.4, -0.2) is 5.78 Å². The molecular formula is C13H26O. The quantitative estimate of drug-likeness (QED) is 0.584. The zero-order valence-electron chi connectivity index (χ0n) is 10.5. The molecule has 0 bridgehead atoms. The minimum absolute atomic E-state index is 0.328. The van der Waals surface area contributed by atoms with Gasteiger partial charge in [0.05, 0.1) is 0 Å². The fourth-order valence-electron chi connectivity index (χ4n) is 2.01. The Labute approximate surface area is 89.3 Å². The Balaban J connectivity index is 3.69. The third kappa shape index (κ3) is 6.17. The summed E-state index contributed by atoms with van der Waals surface area (Å²) in [6.07, 6.45) is 5.56. The van der Waals surface area contributed by atoms with Crippen LogP contribution in [0, 0.1) is 11.3 Å². The van der Waals surface area contributed by atoms with E-state index in [9.17, 15) is 4.79 Å². The number of carbonyl (C=O) groups is 1. The van der Waals surface area contributed by atoms with Crippen LogP contribution in [0.15, 0.2) is 0 Å². The number of ketones is 1. The molecule has 0 N–H and O–H groups in total. The lowest BCUT2D eigenvalue weighted by atomic mass is 9.76. The average Bonchev–Trinajstić information content (AvgIpc) is 2.01. The van der Waals surface area contributed by atoms with E-state index in [0.717, 1.165) is 18.8 Å². The second-order valence-corrected chi connectivity index (χ2v) is 5.42. The Kier molecular flexibility index (Phi) is 6.06. The molecule has 0 spiro atoms. The Morgan fingerprint density at radius 2 is 1.79 bits per heavy atom. The van der Waals surface area contributed by atoms with Gasteiger partial charge in [0.1, 0.15) is 5.78 Å². The van der Waals surface area contributed by atoms with Crippen LogP contribution < -0.4 is 0 Å².